The lowest BCUT2D eigenvalue weighted by Gasteiger charge is -2.16. The number of carbonyl (C=O) groups is 4. The van der Waals surface area contributed by atoms with E-state index in [1.807, 2.05) is 6.92 Å². The minimum Gasteiger partial charge on any atom is -0.461 e. The first-order valence-electron chi connectivity index (χ1n) is 10.4. The highest BCUT2D eigenvalue weighted by atomic mass is 16.7. The highest BCUT2D eigenvalue weighted by Gasteiger charge is 2.20. The maximum Gasteiger partial charge on any atom is 0.508 e. The van der Waals surface area contributed by atoms with Crippen LogP contribution in [0, 0.1) is 0 Å². The summed E-state index contributed by atoms with van der Waals surface area (Å²) in [4.78, 5) is 46.2. The van der Waals surface area contributed by atoms with Crippen molar-refractivity contribution in [3.05, 3.63) is 23.8 Å². The molecule has 1 aromatic rings. The van der Waals surface area contributed by atoms with Crippen LogP contribution in [0.15, 0.2) is 18.2 Å². The Kier molecular flexibility index (Phi) is 11.8. The number of rotatable bonds is 12. The number of hydrogen-bond acceptors (Lipinski definition) is 10. The summed E-state index contributed by atoms with van der Waals surface area (Å²) in [5, 5.41) is 0. The van der Waals surface area contributed by atoms with E-state index in [9.17, 15) is 19.2 Å². The average Bonchev–Trinajstić information content (AvgIpc) is 2.70. The molecule has 10 heteroatoms. The van der Waals surface area contributed by atoms with E-state index in [4.69, 9.17) is 29.4 Å². The molecule has 0 aliphatic carbocycles. The van der Waals surface area contributed by atoms with Crippen molar-refractivity contribution in [3.63, 3.8) is 0 Å². The van der Waals surface area contributed by atoms with E-state index in [2.05, 4.69) is 0 Å². The Balaban J connectivity index is 2.56. The van der Waals surface area contributed by atoms with Gasteiger partial charge in [-0.3, -0.25) is 14.4 Å². The smallest absolute Gasteiger partial charge is 0.461 e. The molecule has 0 unspecified atom stereocenters. The molecule has 1 aromatic carbocycles. The number of benzene rings is 1. The Morgan fingerprint density at radius 1 is 0.969 bits per heavy atom. The minimum atomic E-state index is -1.02. The molecule has 0 spiro atoms. The Hall–Kier alpha value is -3.14. The summed E-state index contributed by atoms with van der Waals surface area (Å²) in [6, 6.07) is 3.45. The molecule has 0 aromatic heterocycles. The number of esters is 3. The van der Waals surface area contributed by atoms with Crippen LogP contribution in [0.4, 0.5) is 4.79 Å². The largest absolute Gasteiger partial charge is 0.508 e. The molecule has 2 N–H and O–H groups in total. The van der Waals surface area contributed by atoms with E-state index in [0.29, 0.717) is 5.56 Å². The minimum absolute atomic E-state index is 0.0326. The molecule has 178 valence electrons. The molecule has 10 nitrogen and oxygen atoms in total. The zero-order valence-electron chi connectivity index (χ0n) is 18.9. The summed E-state index contributed by atoms with van der Waals surface area (Å²) >= 11 is 0. The molecule has 32 heavy (non-hydrogen) atoms. The third-order valence-corrected chi connectivity index (χ3v) is 4.00. The fourth-order valence-electron chi connectivity index (χ4n) is 2.54. The van der Waals surface area contributed by atoms with Gasteiger partial charge in [0.15, 0.2) is 11.5 Å². The van der Waals surface area contributed by atoms with Crippen molar-refractivity contribution in [1.29, 1.82) is 0 Å². The molecule has 0 heterocycles. The first-order valence-corrected chi connectivity index (χ1v) is 10.4. The lowest BCUT2D eigenvalue weighted by molar-refractivity contribution is -0.148. The van der Waals surface area contributed by atoms with Gasteiger partial charge in [0.25, 0.3) is 0 Å². The maximum absolute atomic E-state index is 12.2. The summed E-state index contributed by atoms with van der Waals surface area (Å²) in [6.07, 6.45) is 1.26. The van der Waals surface area contributed by atoms with Gasteiger partial charge in [-0.25, -0.2) is 4.79 Å². The lowest BCUT2D eigenvalue weighted by Crippen LogP contribution is -2.36. The number of hydrogen-bond donors (Lipinski definition) is 1. The quantitative estimate of drug-likeness (QED) is 0.285. The molecule has 0 bridgehead atoms. The molecule has 0 saturated carbocycles. The van der Waals surface area contributed by atoms with Gasteiger partial charge in [0.2, 0.25) is 0 Å². The maximum atomic E-state index is 12.2. The molecule has 0 aliphatic rings. The molecule has 1 rings (SSSR count). The fourth-order valence-corrected chi connectivity index (χ4v) is 2.54. The molecule has 0 amide bonds. The number of nitrogens with two attached hydrogens (primary N) is 1. The predicted octanol–water partition coefficient (Wildman–Crippen LogP) is 2.68. The van der Waals surface area contributed by atoms with Crippen molar-refractivity contribution >= 4 is 24.1 Å². The molecular weight excluding hydrogens is 422 g/mol. The van der Waals surface area contributed by atoms with Crippen LogP contribution >= 0.6 is 0 Å². The van der Waals surface area contributed by atoms with E-state index in [0.717, 1.165) is 19.3 Å². The van der Waals surface area contributed by atoms with Crippen molar-refractivity contribution in [1.82, 2.24) is 0 Å². The van der Waals surface area contributed by atoms with Crippen molar-refractivity contribution < 1.29 is 42.9 Å². The summed E-state index contributed by atoms with van der Waals surface area (Å²) in [5.41, 5.74) is 6.46. The van der Waals surface area contributed by atoms with E-state index >= 15 is 0 Å². The van der Waals surface area contributed by atoms with E-state index < -0.39 is 36.2 Å². The van der Waals surface area contributed by atoms with Gasteiger partial charge in [-0.2, -0.15) is 0 Å². The predicted molar refractivity (Wildman–Crippen MR) is 113 cm³/mol. The Labute approximate surface area is 187 Å². The van der Waals surface area contributed by atoms with Crippen molar-refractivity contribution in [2.45, 2.75) is 65.5 Å². The molecule has 2 atom stereocenters. The standard InChI is InChI=1S/C22H31NO9/c1-5-6-7-10-28-22(27)30-14(2)13-29-21(26)18(23)11-17-8-9-19(31-15(3)24)20(12-17)32-16(4)25/h8-9,12,14,18H,5-7,10-11,13,23H2,1-4H3/t14-,18-/m0/s1. The Bertz CT molecular complexity index is 794. The van der Waals surface area contributed by atoms with Gasteiger partial charge in [0.1, 0.15) is 18.8 Å². The molecule has 0 fully saturated rings. The van der Waals surface area contributed by atoms with Crippen LogP contribution < -0.4 is 15.2 Å². The van der Waals surface area contributed by atoms with Gasteiger partial charge in [-0.15, -0.1) is 0 Å². The van der Waals surface area contributed by atoms with Crippen LogP contribution in [0.25, 0.3) is 0 Å². The van der Waals surface area contributed by atoms with Crippen LogP contribution in [0.1, 0.15) is 52.5 Å². The SMILES string of the molecule is CCCCCOC(=O)O[C@@H](C)COC(=O)[C@@H](N)Cc1ccc(OC(C)=O)c(OC(C)=O)c1. The number of carbonyl (C=O) groups excluding carboxylic acids is 4. The van der Waals surface area contributed by atoms with Gasteiger partial charge in [-0.1, -0.05) is 25.8 Å². The highest BCUT2D eigenvalue weighted by molar-refractivity contribution is 5.76. The summed E-state index contributed by atoms with van der Waals surface area (Å²) in [5.74, 6) is -1.77. The first kappa shape index (κ1) is 26.9. The van der Waals surface area contributed by atoms with E-state index in [1.165, 1.54) is 26.0 Å². The first-order chi connectivity index (χ1) is 15.1. The van der Waals surface area contributed by atoms with Crippen LogP contribution in [0.2, 0.25) is 0 Å². The van der Waals surface area contributed by atoms with Gasteiger partial charge < -0.3 is 29.4 Å². The summed E-state index contributed by atoms with van der Waals surface area (Å²) in [7, 11) is 0. The average molecular weight is 453 g/mol. The Morgan fingerprint density at radius 3 is 2.25 bits per heavy atom. The van der Waals surface area contributed by atoms with Crippen molar-refractivity contribution in [2.75, 3.05) is 13.2 Å². The third-order valence-electron chi connectivity index (χ3n) is 4.00. The van der Waals surface area contributed by atoms with Crippen LogP contribution in [-0.4, -0.2) is 49.4 Å². The van der Waals surface area contributed by atoms with Crippen LogP contribution in [0.3, 0.4) is 0 Å². The van der Waals surface area contributed by atoms with Gasteiger partial charge in [0.05, 0.1) is 6.61 Å². The zero-order valence-corrected chi connectivity index (χ0v) is 18.9. The normalized spacial score (nSPS) is 12.3. The monoisotopic (exact) mass is 453 g/mol. The van der Waals surface area contributed by atoms with Gasteiger partial charge in [0, 0.05) is 13.8 Å². The molecule has 0 saturated heterocycles. The second-order valence-corrected chi connectivity index (χ2v) is 7.14. The number of ether oxygens (including phenoxy) is 5. The van der Waals surface area contributed by atoms with Crippen molar-refractivity contribution in [3.8, 4) is 11.5 Å². The number of unbranched alkanes of at least 4 members (excludes halogenated alkanes) is 2. The van der Waals surface area contributed by atoms with Crippen molar-refractivity contribution in [2.24, 2.45) is 5.73 Å². The Morgan fingerprint density at radius 2 is 1.62 bits per heavy atom. The van der Waals surface area contributed by atoms with E-state index in [1.54, 1.807) is 13.0 Å². The van der Waals surface area contributed by atoms with Gasteiger partial charge in [-0.05, 0) is 37.5 Å². The van der Waals surface area contributed by atoms with E-state index in [-0.39, 0.29) is 31.1 Å². The molecular formula is C22H31NO9. The zero-order chi connectivity index (χ0) is 24.1. The topological polar surface area (TPSA) is 140 Å². The highest BCUT2D eigenvalue weighted by Crippen LogP contribution is 2.29. The van der Waals surface area contributed by atoms with Gasteiger partial charge >= 0.3 is 24.1 Å². The summed E-state index contributed by atoms with van der Waals surface area (Å²) in [6.45, 7) is 6.11. The molecule has 0 radical (unpaired) electrons. The second kappa shape index (κ2) is 14.0. The second-order valence-electron chi connectivity index (χ2n) is 7.14. The fraction of sp³-hybridized carbons (Fsp3) is 0.545. The van der Waals surface area contributed by atoms with Crippen LogP contribution in [0.5, 0.6) is 11.5 Å². The molecule has 0 aliphatic heterocycles. The van der Waals surface area contributed by atoms with Crippen LogP contribution in [-0.2, 0) is 35.0 Å². The third kappa shape index (κ3) is 10.8. The summed E-state index contributed by atoms with van der Waals surface area (Å²) < 4.78 is 25.1. The lowest BCUT2D eigenvalue weighted by atomic mass is 10.1.